The van der Waals surface area contributed by atoms with Crippen LogP contribution in [0.2, 0.25) is 0 Å². The standard InChI is InChI=1S/C10H23NO2S2/c1-4-7-15(12,13)8-6-11-10(5-2)9-14-3/h10-11H,4-9H2,1-3H3. The summed E-state index contributed by atoms with van der Waals surface area (Å²) in [6.07, 6.45) is 3.83. The highest BCUT2D eigenvalue weighted by molar-refractivity contribution is 7.98. The highest BCUT2D eigenvalue weighted by Gasteiger charge is 2.10. The minimum atomic E-state index is -2.82. The summed E-state index contributed by atoms with van der Waals surface area (Å²) < 4.78 is 22.8. The molecule has 92 valence electrons. The van der Waals surface area contributed by atoms with Crippen LogP contribution in [-0.4, -0.2) is 44.5 Å². The van der Waals surface area contributed by atoms with Crippen LogP contribution in [0.25, 0.3) is 0 Å². The third-order valence-corrected chi connectivity index (χ3v) is 4.81. The van der Waals surface area contributed by atoms with E-state index in [-0.39, 0.29) is 5.75 Å². The summed E-state index contributed by atoms with van der Waals surface area (Å²) >= 11 is 1.79. The predicted octanol–water partition coefficient (Wildman–Crippen LogP) is 1.54. The van der Waals surface area contributed by atoms with Gasteiger partial charge in [-0.2, -0.15) is 11.8 Å². The van der Waals surface area contributed by atoms with Crippen LogP contribution in [0.1, 0.15) is 26.7 Å². The van der Waals surface area contributed by atoms with Crippen molar-refractivity contribution in [1.82, 2.24) is 5.32 Å². The third-order valence-electron chi connectivity index (χ3n) is 2.22. The van der Waals surface area contributed by atoms with Crippen LogP contribution in [0.15, 0.2) is 0 Å². The first-order valence-electron chi connectivity index (χ1n) is 5.48. The average Bonchev–Trinajstić information content (AvgIpc) is 2.16. The molecule has 1 N–H and O–H groups in total. The molecule has 0 aromatic rings. The van der Waals surface area contributed by atoms with Gasteiger partial charge in [0.05, 0.1) is 5.75 Å². The second-order valence-corrected chi connectivity index (χ2v) is 6.88. The van der Waals surface area contributed by atoms with Gasteiger partial charge in [0.2, 0.25) is 0 Å². The van der Waals surface area contributed by atoms with E-state index in [1.807, 2.05) is 6.92 Å². The van der Waals surface area contributed by atoms with Crippen molar-refractivity contribution < 1.29 is 8.42 Å². The minimum Gasteiger partial charge on any atom is -0.312 e. The normalized spacial score (nSPS) is 14.1. The SMILES string of the molecule is CCCS(=O)(=O)CCNC(CC)CSC. The molecule has 0 aliphatic rings. The third kappa shape index (κ3) is 8.11. The molecule has 3 nitrogen and oxygen atoms in total. The van der Waals surface area contributed by atoms with E-state index in [1.54, 1.807) is 11.8 Å². The van der Waals surface area contributed by atoms with Gasteiger partial charge in [-0.3, -0.25) is 0 Å². The van der Waals surface area contributed by atoms with Gasteiger partial charge in [0.15, 0.2) is 9.84 Å². The molecule has 0 aliphatic heterocycles. The van der Waals surface area contributed by atoms with Crippen LogP contribution < -0.4 is 5.32 Å². The van der Waals surface area contributed by atoms with Crippen LogP contribution in [0.5, 0.6) is 0 Å². The summed E-state index contributed by atoms with van der Waals surface area (Å²) in [5.74, 6) is 1.63. The Morgan fingerprint density at radius 2 is 1.93 bits per heavy atom. The van der Waals surface area contributed by atoms with Gasteiger partial charge < -0.3 is 5.32 Å². The largest absolute Gasteiger partial charge is 0.312 e. The maximum atomic E-state index is 11.4. The van der Waals surface area contributed by atoms with E-state index in [1.165, 1.54) is 0 Å². The molecule has 0 radical (unpaired) electrons. The molecule has 1 atom stereocenters. The Hall–Kier alpha value is 0.260. The van der Waals surface area contributed by atoms with E-state index in [0.29, 0.717) is 24.8 Å². The Labute approximate surface area is 98.3 Å². The van der Waals surface area contributed by atoms with Crippen molar-refractivity contribution in [2.75, 3.05) is 30.1 Å². The van der Waals surface area contributed by atoms with Crippen LogP contribution in [-0.2, 0) is 9.84 Å². The second kappa shape index (κ2) is 8.42. The van der Waals surface area contributed by atoms with Crippen molar-refractivity contribution in [3.05, 3.63) is 0 Å². The lowest BCUT2D eigenvalue weighted by Crippen LogP contribution is -2.34. The molecular weight excluding hydrogens is 230 g/mol. The van der Waals surface area contributed by atoms with Crippen molar-refractivity contribution in [3.8, 4) is 0 Å². The Morgan fingerprint density at radius 3 is 2.40 bits per heavy atom. The van der Waals surface area contributed by atoms with Crippen LogP contribution in [0.3, 0.4) is 0 Å². The smallest absolute Gasteiger partial charge is 0.151 e. The molecule has 0 spiro atoms. The van der Waals surface area contributed by atoms with Crippen molar-refractivity contribution >= 4 is 21.6 Å². The van der Waals surface area contributed by atoms with Crippen LogP contribution in [0.4, 0.5) is 0 Å². The van der Waals surface area contributed by atoms with Crippen molar-refractivity contribution in [2.45, 2.75) is 32.7 Å². The highest BCUT2D eigenvalue weighted by atomic mass is 32.2. The van der Waals surface area contributed by atoms with Crippen LogP contribution >= 0.6 is 11.8 Å². The van der Waals surface area contributed by atoms with Crippen molar-refractivity contribution in [2.24, 2.45) is 0 Å². The Morgan fingerprint density at radius 1 is 1.27 bits per heavy atom. The van der Waals surface area contributed by atoms with E-state index in [9.17, 15) is 8.42 Å². The molecule has 0 saturated carbocycles. The highest BCUT2D eigenvalue weighted by Crippen LogP contribution is 2.01. The van der Waals surface area contributed by atoms with E-state index < -0.39 is 9.84 Å². The molecule has 0 bridgehead atoms. The second-order valence-electron chi connectivity index (χ2n) is 3.67. The Balaban J connectivity index is 3.76. The first kappa shape index (κ1) is 15.3. The first-order valence-corrected chi connectivity index (χ1v) is 8.70. The number of nitrogens with one attached hydrogen (secondary N) is 1. The molecule has 0 aromatic heterocycles. The fraction of sp³-hybridized carbons (Fsp3) is 1.00. The molecule has 0 fully saturated rings. The average molecular weight is 253 g/mol. The zero-order chi connectivity index (χ0) is 11.7. The van der Waals surface area contributed by atoms with Crippen molar-refractivity contribution in [3.63, 3.8) is 0 Å². The number of sulfone groups is 1. The Kier molecular flexibility index (Phi) is 8.56. The lowest BCUT2D eigenvalue weighted by atomic mass is 10.2. The molecule has 1 unspecified atom stereocenters. The number of hydrogen-bond acceptors (Lipinski definition) is 4. The molecule has 0 aliphatic carbocycles. The zero-order valence-corrected chi connectivity index (χ0v) is 11.6. The van der Waals surface area contributed by atoms with Gasteiger partial charge in [0, 0.05) is 24.1 Å². The van der Waals surface area contributed by atoms with Gasteiger partial charge >= 0.3 is 0 Å². The molecule has 0 aromatic carbocycles. The molecular formula is C10H23NO2S2. The molecule has 5 heteroatoms. The zero-order valence-electron chi connectivity index (χ0n) is 9.95. The fourth-order valence-electron chi connectivity index (χ4n) is 1.35. The van der Waals surface area contributed by atoms with E-state index >= 15 is 0 Å². The Bertz CT molecular complexity index is 240. The van der Waals surface area contributed by atoms with E-state index in [4.69, 9.17) is 0 Å². The molecule has 0 saturated heterocycles. The number of rotatable bonds is 9. The summed E-state index contributed by atoms with van der Waals surface area (Å²) in [6, 6.07) is 0.442. The number of hydrogen-bond donors (Lipinski definition) is 1. The number of thioether (sulfide) groups is 1. The fourth-order valence-corrected chi connectivity index (χ4v) is 3.36. The summed E-state index contributed by atoms with van der Waals surface area (Å²) in [7, 11) is -2.82. The molecule has 0 amide bonds. The van der Waals surface area contributed by atoms with Gasteiger partial charge in [-0.1, -0.05) is 13.8 Å². The summed E-state index contributed by atoms with van der Waals surface area (Å²) in [4.78, 5) is 0. The monoisotopic (exact) mass is 253 g/mol. The predicted molar refractivity (Wildman–Crippen MR) is 69.4 cm³/mol. The summed E-state index contributed by atoms with van der Waals surface area (Å²) in [6.45, 7) is 4.60. The molecule has 0 heterocycles. The van der Waals surface area contributed by atoms with E-state index in [2.05, 4.69) is 18.5 Å². The first-order chi connectivity index (χ1) is 7.05. The van der Waals surface area contributed by atoms with Crippen LogP contribution in [0, 0.1) is 0 Å². The quantitative estimate of drug-likeness (QED) is 0.677. The van der Waals surface area contributed by atoms with Crippen molar-refractivity contribution in [1.29, 1.82) is 0 Å². The maximum Gasteiger partial charge on any atom is 0.151 e. The van der Waals surface area contributed by atoms with Gasteiger partial charge in [0.25, 0.3) is 0 Å². The van der Waals surface area contributed by atoms with Gasteiger partial charge in [-0.25, -0.2) is 8.42 Å². The van der Waals surface area contributed by atoms with Gasteiger partial charge in [-0.05, 0) is 19.1 Å². The minimum absolute atomic E-state index is 0.270. The van der Waals surface area contributed by atoms with Gasteiger partial charge in [-0.15, -0.1) is 0 Å². The maximum absolute atomic E-state index is 11.4. The summed E-state index contributed by atoms with van der Waals surface area (Å²) in [5, 5.41) is 3.28. The van der Waals surface area contributed by atoms with E-state index in [0.717, 1.165) is 12.2 Å². The lowest BCUT2D eigenvalue weighted by molar-refractivity contribution is 0.550. The molecule has 0 rings (SSSR count). The summed E-state index contributed by atoms with van der Waals surface area (Å²) in [5.41, 5.74) is 0. The topological polar surface area (TPSA) is 46.2 Å². The lowest BCUT2D eigenvalue weighted by Gasteiger charge is -2.15. The van der Waals surface area contributed by atoms with Gasteiger partial charge in [0.1, 0.15) is 0 Å². The molecule has 15 heavy (non-hydrogen) atoms.